The van der Waals surface area contributed by atoms with E-state index in [2.05, 4.69) is 5.32 Å². The van der Waals surface area contributed by atoms with Gasteiger partial charge in [0.15, 0.2) is 9.84 Å². The smallest absolute Gasteiger partial charge is 0.225 e. The van der Waals surface area contributed by atoms with Crippen molar-refractivity contribution in [1.29, 1.82) is 0 Å². The molecule has 22 heavy (non-hydrogen) atoms. The Bertz CT molecular complexity index is 756. The Morgan fingerprint density at radius 2 is 1.55 bits per heavy atom. The maximum absolute atomic E-state index is 12.1. The van der Waals surface area contributed by atoms with Crippen molar-refractivity contribution in [3.8, 4) is 0 Å². The largest absolute Gasteiger partial charge is 0.324 e. The Morgan fingerprint density at radius 3 is 2.14 bits per heavy atom. The van der Waals surface area contributed by atoms with Gasteiger partial charge in [0.2, 0.25) is 5.91 Å². The maximum atomic E-state index is 12.1. The second-order valence-electron chi connectivity index (χ2n) is 4.53. The molecule has 0 saturated heterocycles. The lowest BCUT2D eigenvalue weighted by atomic mass is 10.3. The van der Waals surface area contributed by atoms with Crippen molar-refractivity contribution < 1.29 is 13.2 Å². The maximum Gasteiger partial charge on any atom is 0.225 e. The van der Waals surface area contributed by atoms with E-state index in [4.69, 9.17) is 23.2 Å². The number of halogens is 2. The van der Waals surface area contributed by atoms with E-state index >= 15 is 0 Å². The van der Waals surface area contributed by atoms with Crippen molar-refractivity contribution in [2.24, 2.45) is 0 Å². The lowest BCUT2D eigenvalue weighted by Gasteiger charge is -2.09. The van der Waals surface area contributed by atoms with Crippen molar-refractivity contribution in [2.45, 2.75) is 11.3 Å². The summed E-state index contributed by atoms with van der Waals surface area (Å²) in [5.74, 6) is -0.750. The highest BCUT2D eigenvalue weighted by Crippen LogP contribution is 2.29. The van der Waals surface area contributed by atoms with Gasteiger partial charge in [0, 0.05) is 6.42 Å². The van der Waals surface area contributed by atoms with E-state index in [1.807, 2.05) is 0 Å². The summed E-state index contributed by atoms with van der Waals surface area (Å²) in [6.45, 7) is 0. The number of hydrogen-bond acceptors (Lipinski definition) is 3. The summed E-state index contributed by atoms with van der Waals surface area (Å²) in [6.07, 6.45) is -0.182. The number of para-hydroxylation sites is 1. The van der Waals surface area contributed by atoms with Crippen LogP contribution < -0.4 is 5.32 Å². The zero-order valence-electron chi connectivity index (χ0n) is 11.4. The van der Waals surface area contributed by atoms with Crippen molar-refractivity contribution in [3.63, 3.8) is 0 Å². The van der Waals surface area contributed by atoms with E-state index in [9.17, 15) is 13.2 Å². The molecule has 2 aromatic rings. The van der Waals surface area contributed by atoms with Crippen molar-refractivity contribution in [3.05, 3.63) is 58.6 Å². The molecule has 4 nitrogen and oxygen atoms in total. The van der Waals surface area contributed by atoms with Gasteiger partial charge in [-0.1, -0.05) is 47.5 Å². The van der Waals surface area contributed by atoms with Gasteiger partial charge in [-0.15, -0.1) is 0 Å². The first kappa shape index (κ1) is 16.8. The van der Waals surface area contributed by atoms with Gasteiger partial charge in [-0.2, -0.15) is 0 Å². The second kappa shape index (κ2) is 7.13. The van der Waals surface area contributed by atoms with Gasteiger partial charge < -0.3 is 5.32 Å². The Morgan fingerprint density at radius 1 is 0.955 bits per heavy atom. The number of rotatable bonds is 5. The average Bonchev–Trinajstić information content (AvgIpc) is 2.50. The summed E-state index contributed by atoms with van der Waals surface area (Å²) in [7, 11) is -3.49. The molecular weight excluding hydrogens is 345 g/mol. The van der Waals surface area contributed by atoms with Crippen LogP contribution in [0.1, 0.15) is 6.42 Å². The van der Waals surface area contributed by atoms with E-state index < -0.39 is 15.7 Å². The molecule has 0 aliphatic carbocycles. The minimum Gasteiger partial charge on any atom is -0.324 e. The number of anilines is 1. The Labute approximate surface area is 139 Å². The van der Waals surface area contributed by atoms with E-state index in [0.29, 0.717) is 10.0 Å². The molecule has 0 radical (unpaired) electrons. The molecule has 0 saturated carbocycles. The zero-order chi connectivity index (χ0) is 16.2. The summed E-state index contributed by atoms with van der Waals surface area (Å²) in [5, 5.41) is 3.13. The molecule has 116 valence electrons. The highest BCUT2D eigenvalue weighted by atomic mass is 35.5. The molecule has 0 heterocycles. The Kier molecular flexibility index (Phi) is 5.45. The first-order chi connectivity index (χ1) is 10.4. The standard InChI is InChI=1S/C15H13Cl2NO3S/c16-12-7-4-8-13(17)15(12)18-14(19)9-10-22(20,21)11-5-2-1-3-6-11/h1-8H,9-10H2,(H,18,19). The topological polar surface area (TPSA) is 63.2 Å². The fraction of sp³-hybridized carbons (Fsp3) is 0.133. The molecule has 2 rings (SSSR count). The average molecular weight is 358 g/mol. The molecule has 0 aliphatic heterocycles. The lowest BCUT2D eigenvalue weighted by molar-refractivity contribution is -0.115. The lowest BCUT2D eigenvalue weighted by Crippen LogP contribution is -2.17. The summed E-state index contributed by atoms with van der Waals surface area (Å²) < 4.78 is 24.2. The number of hydrogen-bond donors (Lipinski definition) is 1. The van der Waals surface area contributed by atoms with E-state index in [-0.39, 0.29) is 22.8 Å². The fourth-order valence-electron chi connectivity index (χ4n) is 1.79. The molecule has 0 bridgehead atoms. The highest BCUT2D eigenvalue weighted by Gasteiger charge is 2.17. The normalized spacial score (nSPS) is 11.2. The molecule has 2 aromatic carbocycles. The fourth-order valence-corrected chi connectivity index (χ4v) is 3.55. The van der Waals surface area contributed by atoms with Crippen LogP contribution in [-0.2, 0) is 14.6 Å². The molecule has 1 N–H and O–H groups in total. The molecule has 1 amide bonds. The first-order valence-electron chi connectivity index (χ1n) is 6.42. The number of benzene rings is 2. The first-order valence-corrected chi connectivity index (χ1v) is 8.82. The zero-order valence-corrected chi connectivity index (χ0v) is 13.8. The number of amides is 1. The van der Waals surface area contributed by atoms with Gasteiger partial charge in [-0.05, 0) is 24.3 Å². The van der Waals surface area contributed by atoms with Crippen LogP contribution in [0, 0.1) is 0 Å². The number of nitrogens with one attached hydrogen (secondary N) is 1. The van der Waals surface area contributed by atoms with Crippen molar-refractivity contribution in [1.82, 2.24) is 0 Å². The third-order valence-corrected chi connectivity index (χ3v) is 5.29. The monoisotopic (exact) mass is 357 g/mol. The molecule has 0 spiro atoms. The van der Waals surface area contributed by atoms with Gasteiger partial charge in [-0.3, -0.25) is 4.79 Å². The predicted molar refractivity (Wildman–Crippen MR) is 88.2 cm³/mol. The molecular formula is C15H13Cl2NO3S. The molecule has 0 aliphatic rings. The van der Waals surface area contributed by atoms with Crippen LogP contribution >= 0.6 is 23.2 Å². The molecule has 7 heteroatoms. The Hall–Kier alpha value is -1.56. The van der Waals surface area contributed by atoms with Crippen LogP contribution in [-0.4, -0.2) is 20.1 Å². The van der Waals surface area contributed by atoms with E-state index in [0.717, 1.165) is 0 Å². The molecule has 0 unspecified atom stereocenters. The van der Waals surface area contributed by atoms with Crippen molar-refractivity contribution in [2.75, 3.05) is 11.1 Å². The predicted octanol–water partition coefficient (Wildman–Crippen LogP) is 3.80. The van der Waals surface area contributed by atoms with E-state index in [1.54, 1.807) is 36.4 Å². The summed E-state index contributed by atoms with van der Waals surface area (Å²) >= 11 is 11.9. The van der Waals surface area contributed by atoms with Gasteiger partial charge in [0.1, 0.15) is 0 Å². The second-order valence-corrected chi connectivity index (χ2v) is 7.45. The minimum absolute atomic E-state index is 0.182. The number of sulfone groups is 1. The third kappa shape index (κ3) is 4.22. The summed E-state index contributed by atoms with van der Waals surface area (Å²) in [4.78, 5) is 12.1. The summed E-state index contributed by atoms with van der Waals surface area (Å²) in [5.41, 5.74) is 0.285. The Balaban J connectivity index is 2.02. The van der Waals surface area contributed by atoms with Crippen molar-refractivity contribution >= 4 is 44.6 Å². The quantitative estimate of drug-likeness (QED) is 0.884. The van der Waals surface area contributed by atoms with E-state index in [1.165, 1.54) is 12.1 Å². The van der Waals surface area contributed by atoms with Gasteiger partial charge in [0.05, 0.1) is 26.4 Å². The van der Waals surface area contributed by atoms with Crippen LogP contribution in [0.2, 0.25) is 10.0 Å². The van der Waals surface area contributed by atoms with Crippen LogP contribution in [0.15, 0.2) is 53.4 Å². The van der Waals surface area contributed by atoms with Crippen LogP contribution in [0.4, 0.5) is 5.69 Å². The highest BCUT2D eigenvalue weighted by molar-refractivity contribution is 7.91. The van der Waals surface area contributed by atoms with Crippen LogP contribution in [0.3, 0.4) is 0 Å². The molecule has 0 atom stereocenters. The minimum atomic E-state index is -3.49. The molecule has 0 fully saturated rings. The SMILES string of the molecule is O=C(CCS(=O)(=O)c1ccccc1)Nc1c(Cl)cccc1Cl. The van der Waals surface area contributed by atoms with Gasteiger partial charge in [-0.25, -0.2) is 8.42 Å². The molecule has 0 aromatic heterocycles. The van der Waals surface area contributed by atoms with Gasteiger partial charge >= 0.3 is 0 Å². The number of carbonyl (C=O) groups excluding carboxylic acids is 1. The van der Waals surface area contributed by atoms with Crippen LogP contribution in [0.5, 0.6) is 0 Å². The number of carbonyl (C=O) groups is 1. The summed E-state index contributed by atoms with van der Waals surface area (Å²) in [6, 6.07) is 12.8. The van der Waals surface area contributed by atoms with Gasteiger partial charge in [0.25, 0.3) is 0 Å². The third-order valence-electron chi connectivity index (χ3n) is 2.93. The van der Waals surface area contributed by atoms with Crippen LogP contribution in [0.25, 0.3) is 0 Å².